The van der Waals surface area contributed by atoms with Crippen molar-refractivity contribution in [3.8, 4) is 11.5 Å². The topological polar surface area (TPSA) is 60.5 Å². The number of amides is 1. The molecule has 1 N–H and O–H groups in total. The van der Waals surface area contributed by atoms with Gasteiger partial charge in [0.1, 0.15) is 24.7 Å². The SMILES string of the molecule is CCCCCCc1cc(OCc2ccc(OCc3ccc4ccccc4n3)cc2)cc2c1C(C)(C)C(=O)N2. The van der Waals surface area contributed by atoms with Gasteiger partial charge in [-0.3, -0.25) is 4.79 Å². The highest BCUT2D eigenvalue weighted by Crippen LogP contribution is 2.42. The molecule has 0 saturated carbocycles. The van der Waals surface area contributed by atoms with Crippen molar-refractivity contribution in [1.82, 2.24) is 4.98 Å². The smallest absolute Gasteiger partial charge is 0.234 e. The van der Waals surface area contributed by atoms with Crippen molar-refractivity contribution in [3.05, 3.63) is 95.2 Å². The van der Waals surface area contributed by atoms with E-state index in [1.54, 1.807) is 0 Å². The van der Waals surface area contributed by atoms with Crippen LogP contribution in [0.2, 0.25) is 0 Å². The summed E-state index contributed by atoms with van der Waals surface area (Å²) < 4.78 is 12.2. The zero-order valence-electron chi connectivity index (χ0n) is 22.5. The highest BCUT2D eigenvalue weighted by atomic mass is 16.5. The summed E-state index contributed by atoms with van der Waals surface area (Å²) in [5, 5.41) is 4.20. The second-order valence-electron chi connectivity index (χ2n) is 10.6. The molecule has 0 fully saturated rings. The number of carbonyl (C=O) groups excluding carboxylic acids is 1. The van der Waals surface area contributed by atoms with E-state index in [2.05, 4.69) is 35.4 Å². The van der Waals surface area contributed by atoms with Gasteiger partial charge < -0.3 is 14.8 Å². The summed E-state index contributed by atoms with van der Waals surface area (Å²) >= 11 is 0. The first-order valence-electron chi connectivity index (χ1n) is 13.6. The molecule has 0 atom stereocenters. The van der Waals surface area contributed by atoms with Crippen LogP contribution in [0.25, 0.3) is 10.9 Å². The molecular weight excluding hydrogens is 472 g/mol. The molecule has 196 valence electrons. The summed E-state index contributed by atoms with van der Waals surface area (Å²) in [6.45, 7) is 7.09. The van der Waals surface area contributed by atoms with Crippen LogP contribution in [0.5, 0.6) is 11.5 Å². The number of benzene rings is 3. The van der Waals surface area contributed by atoms with Crippen molar-refractivity contribution >= 4 is 22.5 Å². The summed E-state index contributed by atoms with van der Waals surface area (Å²) in [5.74, 6) is 1.63. The second-order valence-corrected chi connectivity index (χ2v) is 10.6. The Kier molecular flexibility index (Phi) is 7.64. The fourth-order valence-corrected chi connectivity index (χ4v) is 5.12. The monoisotopic (exact) mass is 508 g/mol. The molecule has 1 aliphatic heterocycles. The molecule has 0 spiro atoms. The minimum absolute atomic E-state index is 0.0499. The lowest BCUT2D eigenvalue weighted by atomic mass is 9.81. The number of unbranched alkanes of at least 4 members (excludes halogenated alkanes) is 3. The Morgan fingerprint density at radius 3 is 2.45 bits per heavy atom. The average Bonchev–Trinajstić information content (AvgIpc) is 3.16. The number of rotatable bonds is 11. The van der Waals surface area contributed by atoms with E-state index in [0.717, 1.165) is 57.8 Å². The largest absolute Gasteiger partial charge is 0.489 e. The van der Waals surface area contributed by atoms with Crippen LogP contribution in [0.4, 0.5) is 5.69 Å². The minimum atomic E-state index is -0.522. The molecule has 0 unspecified atom stereocenters. The number of aromatic nitrogens is 1. The summed E-state index contributed by atoms with van der Waals surface area (Å²) in [5.41, 5.74) is 5.61. The fourth-order valence-electron chi connectivity index (χ4n) is 5.12. The molecule has 4 aromatic rings. The maximum absolute atomic E-state index is 12.6. The van der Waals surface area contributed by atoms with Crippen molar-refractivity contribution in [1.29, 1.82) is 0 Å². The van der Waals surface area contributed by atoms with Gasteiger partial charge in [0.2, 0.25) is 5.91 Å². The third-order valence-corrected chi connectivity index (χ3v) is 7.31. The zero-order chi connectivity index (χ0) is 26.5. The first kappa shape index (κ1) is 25.8. The number of pyridine rings is 1. The van der Waals surface area contributed by atoms with Gasteiger partial charge in [-0.2, -0.15) is 0 Å². The van der Waals surface area contributed by atoms with Crippen molar-refractivity contribution in [2.75, 3.05) is 5.32 Å². The molecule has 5 nitrogen and oxygen atoms in total. The van der Waals surface area contributed by atoms with Gasteiger partial charge >= 0.3 is 0 Å². The highest BCUT2D eigenvalue weighted by Gasteiger charge is 2.40. The fraction of sp³-hybridized carbons (Fsp3) is 0.333. The lowest BCUT2D eigenvalue weighted by molar-refractivity contribution is -0.119. The molecule has 2 heterocycles. The molecule has 0 saturated heterocycles. The summed E-state index contributed by atoms with van der Waals surface area (Å²) in [7, 11) is 0. The number of nitrogens with zero attached hydrogens (tertiary/aromatic N) is 1. The predicted octanol–water partition coefficient (Wildman–Crippen LogP) is 7.75. The summed E-state index contributed by atoms with van der Waals surface area (Å²) in [4.78, 5) is 17.3. The standard InChI is InChI=1S/C33H36N2O3/c1-4-5-6-7-11-25-19-28(20-30-31(25)33(2,3)32(36)35-30)37-21-23-13-17-27(18-14-23)38-22-26-16-15-24-10-8-9-12-29(24)34-26/h8-10,12-20H,4-7,11,21-22H2,1-3H3,(H,35,36). The maximum Gasteiger partial charge on any atom is 0.234 e. The molecule has 5 heteroatoms. The molecule has 5 rings (SSSR count). The van der Waals surface area contributed by atoms with E-state index in [0.29, 0.717) is 13.2 Å². The molecular formula is C33H36N2O3. The van der Waals surface area contributed by atoms with Gasteiger partial charge in [-0.15, -0.1) is 0 Å². The number of hydrogen-bond acceptors (Lipinski definition) is 4. The molecule has 0 radical (unpaired) electrons. The molecule has 0 bridgehead atoms. The van der Waals surface area contributed by atoms with Crippen molar-refractivity contribution in [3.63, 3.8) is 0 Å². The van der Waals surface area contributed by atoms with Gasteiger partial charge in [0, 0.05) is 17.1 Å². The van der Waals surface area contributed by atoms with Gasteiger partial charge in [-0.05, 0) is 73.7 Å². The predicted molar refractivity (Wildman–Crippen MR) is 153 cm³/mol. The highest BCUT2D eigenvalue weighted by molar-refractivity contribution is 6.06. The lowest BCUT2D eigenvalue weighted by Crippen LogP contribution is -2.27. The first-order chi connectivity index (χ1) is 18.4. The second kappa shape index (κ2) is 11.3. The number of carbonyl (C=O) groups is 1. The number of para-hydroxylation sites is 1. The lowest BCUT2D eigenvalue weighted by Gasteiger charge is -2.20. The maximum atomic E-state index is 12.6. The van der Waals surface area contributed by atoms with Crippen LogP contribution < -0.4 is 14.8 Å². The molecule has 3 aromatic carbocycles. The Labute approximate surface area is 225 Å². The van der Waals surface area contributed by atoms with Crippen molar-refractivity contribution in [2.45, 2.75) is 71.5 Å². The van der Waals surface area contributed by atoms with E-state index in [1.165, 1.54) is 24.8 Å². The van der Waals surface area contributed by atoms with Gasteiger partial charge in [-0.1, -0.05) is 62.6 Å². The molecule has 38 heavy (non-hydrogen) atoms. The zero-order valence-corrected chi connectivity index (χ0v) is 22.5. The molecule has 1 amide bonds. The Morgan fingerprint density at radius 1 is 0.842 bits per heavy atom. The number of ether oxygens (including phenoxy) is 2. The van der Waals surface area contributed by atoms with Crippen molar-refractivity contribution < 1.29 is 14.3 Å². The third-order valence-electron chi connectivity index (χ3n) is 7.31. The molecule has 1 aromatic heterocycles. The Hall–Kier alpha value is -3.86. The molecule has 0 aliphatic carbocycles. The van der Waals surface area contributed by atoms with Crippen LogP contribution in [0.15, 0.2) is 72.8 Å². The number of aryl methyl sites for hydroxylation is 1. The van der Waals surface area contributed by atoms with Crippen LogP contribution in [0.1, 0.15) is 68.8 Å². The van der Waals surface area contributed by atoms with Crippen LogP contribution >= 0.6 is 0 Å². The number of hydrogen-bond donors (Lipinski definition) is 1. The third kappa shape index (κ3) is 5.67. The Balaban J connectivity index is 1.22. The van der Waals surface area contributed by atoms with Gasteiger partial charge in [-0.25, -0.2) is 4.98 Å². The van der Waals surface area contributed by atoms with E-state index in [1.807, 2.05) is 68.4 Å². The van der Waals surface area contributed by atoms with Crippen LogP contribution in [-0.4, -0.2) is 10.9 Å². The molecule has 1 aliphatic rings. The van der Waals surface area contributed by atoms with Crippen LogP contribution in [0, 0.1) is 0 Å². The minimum Gasteiger partial charge on any atom is -0.489 e. The number of anilines is 1. The Bertz CT molecular complexity index is 1430. The average molecular weight is 509 g/mol. The first-order valence-corrected chi connectivity index (χ1v) is 13.6. The van der Waals surface area contributed by atoms with Gasteiger partial charge in [0.15, 0.2) is 0 Å². The van der Waals surface area contributed by atoms with Crippen LogP contribution in [0.3, 0.4) is 0 Å². The quantitative estimate of drug-likeness (QED) is 0.210. The van der Waals surface area contributed by atoms with E-state index in [-0.39, 0.29) is 5.91 Å². The number of nitrogens with one attached hydrogen (secondary N) is 1. The van der Waals surface area contributed by atoms with Crippen LogP contribution in [-0.2, 0) is 29.8 Å². The van der Waals surface area contributed by atoms with E-state index < -0.39 is 5.41 Å². The summed E-state index contributed by atoms with van der Waals surface area (Å²) in [6.07, 6.45) is 5.71. The van der Waals surface area contributed by atoms with E-state index in [4.69, 9.17) is 9.47 Å². The summed E-state index contributed by atoms with van der Waals surface area (Å²) in [6, 6.07) is 24.2. The number of fused-ring (bicyclic) bond motifs is 2. The van der Waals surface area contributed by atoms with E-state index in [9.17, 15) is 4.79 Å². The van der Waals surface area contributed by atoms with Gasteiger partial charge in [0.25, 0.3) is 0 Å². The van der Waals surface area contributed by atoms with Gasteiger partial charge in [0.05, 0.1) is 16.6 Å². The van der Waals surface area contributed by atoms with E-state index >= 15 is 0 Å². The Morgan fingerprint density at radius 2 is 1.63 bits per heavy atom. The van der Waals surface area contributed by atoms with Crippen molar-refractivity contribution in [2.24, 2.45) is 0 Å². The normalized spacial score (nSPS) is 13.8.